The first-order valence-electron chi connectivity index (χ1n) is 16.9. The molecular weight excluding hydrogens is 583 g/mol. The van der Waals surface area contributed by atoms with Crippen molar-refractivity contribution in [3.63, 3.8) is 0 Å². The van der Waals surface area contributed by atoms with Crippen molar-refractivity contribution < 1.29 is 0 Å². The fourth-order valence-corrected chi connectivity index (χ4v) is 6.27. The first-order chi connectivity index (χ1) is 23.7. The molecule has 48 heavy (non-hydrogen) atoms. The monoisotopic (exact) mass is 621 g/mol. The van der Waals surface area contributed by atoms with Crippen molar-refractivity contribution in [3.8, 4) is 33.8 Å². The number of hydrogen-bond acceptors (Lipinski definition) is 3. The molecule has 4 aromatic carbocycles. The summed E-state index contributed by atoms with van der Waals surface area (Å²) < 4.78 is 0. The predicted octanol–water partition coefficient (Wildman–Crippen LogP) is 10.2. The summed E-state index contributed by atoms with van der Waals surface area (Å²) in [4.78, 5) is 13.5. The summed E-state index contributed by atoms with van der Waals surface area (Å²) >= 11 is 0. The lowest BCUT2D eigenvalue weighted by Gasteiger charge is -2.12. The van der Waals surface area contributed by atoms with Gasteiger partial charge in [0.05, 0.1) is 17.1 Å². The van der Waals surface area contributed by atoms with E-state index >= 15 is 0 Å². The van der Waals surface area contributed by atoms with Crippen LogP contribution in [0.2, 0.25) is 0 Å². The molecule has 0 aliphatic carbocycles. The molecule has 0 amide bonds. The van der Waals surface area contributed by atoms with Gasteiger partial charge in [0.15, 0.2) is 0 Å². The van der Waals surface area contributed by atoms with Gasteiger partial charge in [-0.1, -0.05) is 109 Å². The van der Waals surface area contributed by atoms with Gasteiger partial charge in [-0.05, 0) is 108 Å². The highest BCUT2D eigenvalue weighted by atomic mass is 14.7. The molecule has 3 aromatic heterocycles. The third kappa shape index (κ3) is 8.18. The molecule has 3 heteroatoms. The van der Waals surface area contributed by atoms with E-state index < -0.39 is 0 Å². The molecule has 234 valence electrons. The molecule has 0 saturated carbocycles. The molecular formula is C45H39N3. The number of pyridine rings is 3. The van der Waals surface area contributed by atoms with Crippen LogP contribution in [0.25, 0.3) is 33.8 Å². The Kier molecular flexibility index (Phi) is 9.85. The van der Waals surface area contributed by atoms with E-state index in [-0.39, 0.29) is 0 Å². The smallest absolute Gasteiger partial charge is 0.0701 e. The lowest BCUT2D eigenvalue weighted by Crippen LogP contribution is -2.00. The van der Waals surface area contributed by atoms with Gasteiger partial charge in [-0.2, -0.15) is 0 Å². The Hall–Kier alpha value is -5.67. The van der Waals surface area contributed by atoms with Crippen molar-refractivity contribution in [1.82, 2.24) is 15.0 Å². The van der Waals surface area contributed by atoms with E-state index in [4.69, 9.17) is 0 Å². The van der Waals surface area contributed by atoms with E-state index in [1.807, 2.05) is 55.0 Å². The molecule has 3 nitrogen and oxygen atoms in total. The predicted molar refractivity (Wildman–Crippen MR) is 198 cm³/mol. The van der Waals surface area contributed by atoms with Crippen molar-refractivity contribution in [2.24, 2.45) is 0 Å². The van der Waals surface area contributed by atoms with Crippen molar-refractivity contribution in [3.05, 3.63) is 198 Å². The van der Waals surface area contributed by atoms with Crippen LogP contribution in [-0.2, 0) is 38.5 Å². The highest BCUT2D eigenvalue weighted by Gasteiger charge is 2.07. The second-order valence-corrected chi connectivity index (χ2v) is 12.4. The maximum Gasteiger partial charge on any atom is 0.0701 e. The molecule has 0 radical (unpaired) electrons. The second-order valence-electron chi connectivity index (χ2n) is 12.4. The lowest BCUT2D eigenvalue weighted by atomic mass is 9.94. The van der Waals surface area contributed by atoms with Gasteiger partial charge in [0, 0.05) is 35.3 Å². The Morgan fingerprint density at radius 3 is 0.792 bits per heavy atom. The number of aromatic nitrogens is 3. The molecule has 0 N–H and O–H groups in total. The van der Waals surface area contributed by atoms with E-state index in [1.54, 1.807) is 0 Å². The number of aryl methyl sites for hydroxylation is 6. The minimum absolute atomic E-state index is 1.01. The normalized spacial score (nSPS) is 11.0. The van der Waals surface area contributed by atoms with E-state index in [9.17, 15) is 0 Å². The minimum atomic E-state index is 1.01. The van der Waals surface area contributed by atoms with Gasteiger partial charge in [0.2, 0.25) is 0 Å². The molecule has 0 bridgehead atoms. The summed E-state index contributed by atoms with van der Waals surface area (Å²) in [6.45, 7) is 0. The molecule has 0 aliphatic rings. The van der Waals surface area contributed by atoms with Crippen LogP contribution in [0.1, 0.15) is 33.4 Å². The molecule has 7 rings (SSSR count). The maximum atomic E-state index is 4.50. The number of benzene rings is 4. The van der Waals surface area contributed by atoms with E-state index in [0.717, 1.165) is 72.3 Å². The minimum Gasteiger partial charge on any atom is -0.256 e. The molecule has 0 atom stereocenters. The third-order valence-corrected chi connectivity index (χ3v) is 8.96. The quantitative estimate of drug-likeness (QED) is 0.136. The molecule has 7 aromatic rings. The van der Waals surface area contributed by atoms with Crippen LogP contribution in [0.4, 0.5) is 0 Å². The van der Waals surface area contributed by atoms with E-state index in [1.165, 1.54) is 33.4 Å². The van der Waals surface area contributed by atoms with Crippen molar-refractivity contribution in [2.75, 3.05) is 0 Å². The Morgan fingerprint density at radius 2 is 0.542 bits per heavy atom. The summed E-state index contributed by atoms with van der Waals surface area (Å²) in [7, 11) is 0. The number of hydrogen-bond donors (Lipinski definition) is 0. The fraction of sp³-hybridized carbons (Fsp3) is 0.133. The van der Waals surface area contributed by atoms with Gasteiger partial charge < -0.3 is 0 Å². The summed E-state index contributed by atoms with van der Waals surface area (Å²) in [6, 6.07) is 52.1. The van der Waals surface area contributed by atoms with Crippen LogP contribution in [0.15, 0.2) is 164 Å². The standard InChI is InChI=1S/C45H39N3/c1-4-28-46-43(7-1)40-22-16-34(17-23-40)10-13-37-31-38(14-11-35-18-24-41(25-19-35)44-8-2-5-29-47-44)33-39(32-37)15-12-36-20-26-42(27-21-36)45-9-3-6-30-48-45/h1-9,16-33H,10-15H2. The van der Waals surface area contributed by atoms with Crippen molar-refractivity contribution in [1.29, 1.82) is 0 Å². The SMILES string of the molecule is c1ccc(-c2ccc(CCc3cc(CCc4ccc(-c5ccccn5)cc4)cc(CCc4ccc(-c5ccccn5)cc4)c3)cc2)nc1. The molecule has 0 aliphatic heterocycles. The fourth-order valence-electron chi connectivity index (χ4n) is 6.27. The topological polar surface area (TPSA) is 38.7 Å². The first-order valence-corrected chi connectivity index (χ1v) is 16.9. The van der Waals surface area contributed by atoms with Gasteiger partial charge in [-0.25, -0.2) is 0 Å². The van der Waals surface area contributed by atoms with Gasteiger partial charge in [-0.15, -0.1) is 0 Å². The Bertz CT molecular complexity index is 1770. The third-order valence-electron chi connectivity index (χ3n) is 8.96. The Morgan fingerprint density at radius 1 is 0.271 bits per heavy atom. The average Bonchev–Trinajstić information content (AvgIpc) is 3.17. The van der Waals surface area contributed by atoms with Crippen LogP contribution in [0, 0.1) is 0 Å². The Labute approximate surface area is 284 Å². The van der Waals surface area contributed by atoms with E-state index in [2.05, 4.69) is 124 Å². The molecule has 0 spiro atoms. The zero-order valence-corrected chi connectivity index (χ0v) is 27.2. The van der Waals surface area contributed by atoms with Crippen LogP contribution in [0.5, 0.6) is 0 Å². The highest BCUT2D eigenvalue weighted by molar-refractivity contribution is 5.60. The van der Waals surface area contributed by atoms with Crippen LogP contribution >= 0.6 is 0 Å². The lowest BCUT2D eigenvalue weighted by molar-refractivity contribution is 0.903. The van der Waals surface area contributed by atoms with Crippen molar-refractivity contribution >= 4 is 0 Å². The molecule has 0 unspecified atom stereocenters. The van der Waals surface area contributed by atoms with E-state index in [0.29, 0.717) is 0 Å². The summed E-state index contributed by atoms with van der Waals surface area (Å²) in [5.41, 5.74) is 14.8. The number of nitrogens with zero attached hydrogens (tertiary/aromatic N) is 3. The van der Waals surface area contributed by atoms with Gasteiger partial charge in [-0.3, -0.25) is 15.0 Å². The van der Waals surface area contributed by atoms with Crippen molar-refractivity contribution in [2.45, 2.75) is 38.5 Å². The zero-order valence-electron chi connectivity index (χ0n) is 27.2. The maximum absolute atomic E-state index is 4.50. The van der Waals surface area contributed by atoms with Gasteiger partial charge in [0.25, 0.3) is 0 Å². The van der Waals surface area contributed by atoms with Crippen LogP contribution in [0.3, 0.4) is 0 Å². The summed E-state index contributed by atoms with van der Waals surface area (Å²) in [5.74, 6) is 0. The summed E-state index contributed by atoms with van der Waals surface area (Å²) in [6.07, 6.45) is 11.6. The largest absolute Gasteiger partial charge is 0.256 e. The molecule has 3 heterocycles. The molecule has 0 fully saturated rings. The van der Waals surface area contributed by atoms with Crippen LogP contribution < -0.4 is 0 Å². The Balaban J connectivity index is 1.05. The second kappa shape index (κ2) is 15.3. The first kappa shape index (κ1) is 31.0. The summed E-state index contributed by atoms with van der Waals surface area (Å²) in [5, 5.41) is 0. The number of rotatable bonds is 12. The zero-order chi connectivity index (χ0) is 32.4. The molecule has 0 saturated heterocycles. The average molecular weight is 622 g/mol. The highest BCUT2D eigenvalue weighted by Crippen LogP contribution is 2.23. The van der Waals surface area contributed by atoms with Crippen LogP contribution in [-0.4, -0.2) is 15.0 Å². The van der Waals surface area contributed by atoms with Gasteiger partial charge in [0.1, 0.15) is 0 Å². The van der Waals surface area contributed by atoms with Gasteiger partial charge >= 0.3 is 0 Å².